The largest absolute Gasteiger partial charge is 0.347 e. The lowest BCUT2D eigenvalue weighted by Crippen LogP contribution is -2.34. The smallest absolute Gasteiger partial charge is 0.231 e. The van der Waals surface area contributed by atoms with Crippen LogP contribution in [0.15, 0.2) is 53.1 Å². The number of piperidine rings is 1. The van der Waals surface area contributed by atoms with E-state index in [0.29, 0.717) is 17.5 Å². The van der Waals surface area contributed by atoms with E-state index in [9.17, 15) is 0 Å². The van der Waals surface area contributed by atoms with Crippen molar-refractivity contribution in [3.8, 4) is 22.8 Å². The second kappa shape index (κ2) is 7.83. The van der Waals surface area contributed by atoms with Gasteiger partial charge >= 0.3 is 0 Å². The van der Waals surface area contributed by atoms with Gasteiger partial charge in [-0.15, -0.1) is 0 Å². The zero-order chi connectivity index (χ0) is 21.5. The van der Waals surface area contributed by atoms with Gasteiger partial charge in [0, 0.05) is 24.2 Å². The highest BCUT2D eigenvalue weighted by Gasteiger charge is 2.28. The van der Waals surface area contributed by atoms with E-state index in [1.165, 1.54) is 4.70 Å². The van der Waals surface area contributed by atoms with Crippen molar-refractivity contribution in [2.24, 2.45) is 0 Å². The first-order valence-corrected chi connectivity index (χ1v) is 11.5. The van der Waals surface area contributed by atoms with E-state index in [4.69, 9.17) is 14.5 Å². The Morgan fingerprint density at radius 2 is 1.91 bits per heavy atom. The van der Waals surface area contributed by atoms with Gasteiger partial charge in [0.25, 0.3) is 0 Å². The van der Waals surface area contributed by atoms with Gasteiger partial charge in [-0.1, -0.05) is 46.8 Å². The van der Waals surface area contributed by atoms with Crippen LogP contribution >= 0.6 is 11.3 Å². The molecule has 0 spiro atoms. The highest BCUT2D eigenvalue weighted by molar-refractivity contribution is 7.22. The molecule has 1 fully saturated rings. The third-order valence-corrected chi connectivity index (χ3v) is 6.84. The first-order valence-electron chi connectivity index (χ1n) is 10.7. The molecule has 4 heterocycles. The van der Waals surface area contributed by atoms with Crippen LogP contribution in [0.25, 0.3) is 33.0 Å². The predicted octanol–water partition coefficient (Wildman–Crippen LogP) is 4.82. The number of fused-ring (bicyclic) bond motifs is 1. The molecule has 1 N–H and O–H groups in total. The molecule has 1 aliphatic rings. The van der Waals surface area contributed by atoms with Crippen molar-refractivity contribution in [3.63, 3.8) is 0 Å². The van der Waals surface area contributed by atoms with Crippen molar-refractivity contribution in [3.05, 3.63) is 60.2 Å². The molecule has 9 heteroatoms. The van der Waals surface area contributed by atoms with Gasteiger partial charge in [0.05, 0.1) is 16.1 Å². The lowest BCUT2D eigenvalue weighted by molar-refractivity contribution is 0.333. The van der Waals surface area contributed by atoms with E-state index >= 15 is 0 Å². The summed E-state index contributed by atoms with van der Waals surface area (Å²) in [5.74, 6) is 2.90. The number of para-hydroxylation sites is 1. The number of hydrogen-bond acceptors (Lipinski definition) is 8. The molecular formula is C23H21N7OS. The molecular weight excluding hydrogens is 422 g/mol. The maximum atomic E-state index is 5.71. The summed E-state index contributed by atoms with van der Waals surface area (Å²) in [5, 5.41) is 12.4. The Balaban J connectivity index is 1.23. The lowest BCUT2D eigenvalue weighted by Gasteiger charge is -2.30. The van der Waals surface area contributed by atoms with Crippen LogP contribution in [0.3, 0.4) is 0 Å². The minimum absolute atomic E-state index is 0.191. The van der Waals surface area contributed by atoms with Crippen LogP contribution < -0.4 is 4.90 Å². The normalized spacial score (nSPS) is 16.7. The van der Waals surface area contributed by atoms with E-state index in [1.54, 1.807) is 11.3 Å². The minimum Gasteiger partial charge on any atom is -0.347 e. The van der Waals surface area contributed by atoms with Gasteiger partial charge in [-0.25, -0.2) is 9.97 Å². The molecule has 1 saturated heterocycles. The van der Waals surface area contributed by atoms with Crippen molar-refractivity contribution in [2.45, 2.75) is 25.7 Å². The van der Waals surface area contributed by atoms with Crippen LogP contribution in [-0.4, -0.2) is 43.4 Å². The van der Waals surface area contributed by atoms with Crippen LogP contribution in [0.2, 0.25) is 0 Å². The Morgan fingerprint density at radius 3 is 2.75 bits per heavy atom. The third-order valence-electron chi connectivity index (χ3n) is 5.74. The minimum atomic E-state index is 0.191. The fourth-order valence-electron chi connectivity index (χ4n) is 4.14. The summed E-state index contributed by atoms with van der Waals surface area (Å²) in [6.07, 6.45) is 2.09. The Labute approximate surface area is 188 Å². The number of aryl methyl sites for hydroxylation is 1. The maximum absolute atomic E-state index is 5.71. The number of anilines is 1. The Bertz CT molecular complexity index is 1350. The number of aromatic nitrogens is 6. The van der Waals surface area contributed by atoms with Crippen molar-refractivity contribution in [1.29, 1.82) is 0 Å². The number of thiazole rings is 1. The predicted molar refractivity (Wildman–Crippen MR) is 124 cm³/mol. The molecule has 6 rings (SSSR count). The number of nitrogens with one attached hydrogen (secondary N) is 1. The van der Waals surface area contributed by atoms with E-state index in [-0.39, 0.29) is 5.92 Å². The van der Waals surface area contributed by atoms with Crippen LogP contribution in [-0.2, 0) is 0 Å². The van der Waals surface area contributed by atoms with Crippen LogP contribution in [0, 0.1) is 6.92 Å². The lowest BCUT2D eigenvalue weighted by atomic mass is 9.98. The van der Waals surface area contributed by atoms with Gasteiger partial charge in [-0.2, -0.15) is 10.1 Å². The third kappa shape index (κ3) is 3.54. The topological polar surface area (TPSA) is 96.6 Å². The van der Waals surface area contributed by atoms with Crippen LogP contribution in [0.5, 0.6) is 0 Å². The number of hydrogen-bond donors (Lipinski definition) is 1. The van der Waals surface area contributed by atoms with Gasteiger partial charge in [-0.3, -0.25) is 5.10 Å². The molecule has 5 aromatic rings. The standard InChI is InChI=1S/C23H21N7OS/c1-14-24-20(28-27-14)15-6-4-7-16(12-15)21-26-22(31-29-21)17-8-5-11-30(13-17)23-25-18-9-2-3-10-19(18)32-23/h2-4,6-7,9-10,12,17H,5,8,11,13H2,1H3,(H,24,27,28). The number of nitrogens with zero attached hydrogens (tertiary/aromatic N) is 6. The average molecular weight is 444 g/mol. The summed E-state index contributed by atoms with van der Waals surface area (Å²) in [6, 6.07) is 16.2. The van der Waals surface area contributed by atoms with E-state index < -0.39 is 0 Å². The Morgan fingerprint density at radius 1 is 1.03 bits per heavy atom. The molecule has 32 heavy (non-hydrogen) atoms. The van der Waals surface area contributed by atoms with Crippen molar-refractivity contribution in [2.75, 3.05) is 18.0 Å². The van der Waals surface area contributed by atoms with E-state index in [2.05, 4.69) is 43.4 Å². The maximum Gasteiger partial charge on any atom is 0.231 e. The summed E-state index contributed by atoms with van der Waals surface area (Å²) in [6.45, 7) is 3.71. The summed E-state index contributed by atoms with van der Waals surface area (Å²) < 4.78 is 6.92. The molecule has 8 nitrogen and oxygen atoms in total. The number of aromatic amines is 1. The Hall–Kier alpha value is -3.59. The highest BCUT2D eigenvalue weighted by atomic mass is 32.1. The second-order valence-corrected chi connectivity index (χ2v) is 9.04. The van der Waals surface area contributed by atoms with E-state index in [1.807, 2.05) is 37.3 Å². The molecule has 0 aliphatic carbocycles. The molecule has 1 aliphatic heterocycles. The van der Waals surface area contributed by atoms with Crippen LogP contribution in [0.1, 0.15) is 30.5 Å². The number of benzene rings is 2. The monoisotopic (exact) mass is 443 g/mol. The molecule has 0 amide bonds. The zero-order valence-electron chi connectivity index (χ0n) is 17.5. The van der Waals surface area contributed by atoms with Gasteiger partial charge < -0.3 is 9.42 Å². The van der Waals surface area contributed by atoms with Crippen molar-refractivity contribution >= 4 is 26.7 Å². The van der Waals surface area contributed by atoms with Gasteiger partial charge in [0.15, 0.2) is 11.0 Å². The van der Waals surface area contributed by atoms with Gasteiger partial charge in [0.2, 0.25) is 11.7 Å². The zero-order valence-corrected chi connectivity index (χ0v) is 18.3. The number of H-pyrrole nitrogens is 1. The molecule has 160 valence electrons. The summed E-state index contributed by atoms with van der Waals surface area (Å²) >= 11 is 1.74. The molecule has 0 saturated carbocycles. The van der Waals surface area contributed by atoms with Gasteiger partial charge in [-0.05, 0) is 38.0 Å². The van der Waals surface area contributed by atoms with Crippen molar-refractivity contribution in [1.82, 2.24) is 30.3 Å². The van der Waals surface area contributed by atoms with E-state index in [0.717, 1.165) is 53.5 Å². The average Bonchev–Trinajstić information content (AvgIpc) is 3.58. The first-order chi connectivity index (χ1) is 15.7. The summed E-state index contributed by atoms with van der Waals surface area (Å²) in [4.78, 5) is 16.3. The van der Waals surface area contributed by atoms with Crippen LogP contribution in [0.4, 0.5) is 5.13 Å². The first kappa shape index (κ1) is 19.1. The molecule has 0 radical (unpaired) electrons. The fraction of sp³-hybridized carbons (Fsp3) is 0.261. The quantitative estimate of drug-likeness (QED) is 0.425. The molecule has 1 atom stereocenters. The molecule has 1 unspecified atom stereocenters. The molecule has 0 bridgehead atoms. The number of rotatable bonds is 4. The molecule has 3 aromatic heterocycles. The second-order valence-electron chi connectivity index (χ2n) is 8.03. The SMILES string of the molecule is Cc1nc(-c2cccc(-c3noc(C4CCCN(c5nc6ccccc6s5)C4)n3)c2)n[nH]1. The summed E-state index contributed by atoms with van der Waals surface area (Å²) in [7, 11) is 0. The highest BCUT2D eigenvalue weighted by Crippen LogP contribution is 2.34. The van der Waals surface area contributed by atoms with Gasteiger partial charge in [0.1, 0.15) is 5.82 Å². The fourth-order valence-corrected chi connectivity index (χ4v) is 5.14. The summed E-state index contributed by atoms with van der Waals surface area (Å²) in [5.41, 5.74) is 2.85. The Kier molecular flexibility index (Phi) is 4.68. The molecule has 2 aromatic carbocycles. The van der Waals surface area contributed by atoms with Crippen molar-refractivity contribution < 1.29 is 4.52 Å².